The molecule has 4 nitrogen and oxygen atoms in total. The molecule has 2 aliphatic rings. The second-order valence-corrected chi connectivity index (χ2v) is 6.03. The molecule has 0 atom stereocenters. The Balaban J connectivity index is 1.58. The molecule has 1 aromatic heterocycles. The summed E-state index contributed by atoms with van der Waals surface area (Å²) in [5.41, 5.74) is 1.32. The van der Waals surface area contributed by atoms with Crippen LogP contribution in [0.2, 0.25) is 0 Å². The zero-order valence-electron chi connectivity index (χ0n) is 12.2. The molecule has 0 unspecified atom stereocenters. The SMILES string of the molecule is CCC(=O)N1CC(N(Cc2ccncc2)CC2CC2)C1. The third kappa shape index (κ3) is 3.18. The van der Waals surface area contributed by atoms with Crippen molar-refractivity contribution >= 4 is 5.91 Å². The minimum atomic E-state index is 0.288. The lowest BCUT2D eigenvalue weighted by Crippen LogP contribution is -2.61. The van der Waals surface area contributed by atoms with Gasteiger partial charge in [0.05, 0.1) is 0 Å². The van der Waals surface area contributed by atoms with Crippen LogP contribution >= 0.6 is 0 Å². The van der Waals surface area contributed by atoms with Crippen LogP contribution in [0.3, 0.4) is 0 Å². The molecule has 1 aromatic rings. The topological polar surface area (TPSA) is 36.4 Å². The number of rotatable bonds is 6. The van der Waals surface area contributed by atoms with Gasteiger partial charge in [-0.2, -0.15) is 0 Å². The van der Waals surface area contributed by atoms with Gasteiger partial charge in [0.15, 0.2) is 0 Å². The summed E-state index contributed by atoms with van der Waals surface area (Å²) in [7, 11) is 0. The number of likely N-dealkylation sites (tertiary alicyclic amines) is 1. The number of carbonyl (C=O) groups is 1. The van der Waals surface area contributed by atoms with Crippen LogP contribution in [-0.2, 0) is 11.3 Å². The van der Waals surface area contributed by atoms with Gasteiger partial charge in [0.25, 0.3) is 0 Å². The van der Waals surface area contributed by atoms with Gasteiger partial charge in [0.2, 0.25) is 5.91 Å². The van der Waals surface area contributed by atoms with Crippen LogP contribution in [-0.4, -0.2) is 46.4 Å². The smallest absolute Gasteiger partial charge is 0.222 e. The Bertz CT molecular complexity index is 452. The molecule has 0 aromatic carbocycles. The molecule has 1 aliphatic carbocycles. The fourth-order valence-electron chi connectivity index (χ4n) is 2.81. The summed E-state index contributed by atoms with van der Waals surface area (Å²) in [6, 6.07) is 4.72. The average molecular weight is 273 g/mol. The third-order valence-electron chi connectivity index (χ3n) is 4.36. The fourth-order valence-corrected chi connectivity index (χ4v) is 2.81. The van der Waals surface area contributed by atoms with Gasteiger partial charge in [-0.05, 0) is 36.5 Å². The summed E-state index contributed by atoms with van der Waals surface area (Å²) in [5, 5.41) is 0. The van der Waals surface area contributed by atoms with Crippen molar-refractivity contribution in [1.82, 2.24) is 14.8 Å². The molecule has 20 heavy (non-hydrogen) atoms. The molecule has 108 valence electrons. The number of carbonyl (C=O) groups excluding carboxylic acids is 1. The Morgan fingerprint density at radius 1 is 1.35 bits per heavy atom. The molecule has 1 saturated carbocycles. The molecule has 0 N–H and O–H groups in total. The molecule has 0 bridgehead atoms. The molecule has 2 heterocycles. The lowest BCUT2D eigenvalue weighted by atomic mass is 10.0. The van der Waals surface area contributed by atoms with Crippen molar-refractivity contribution in [3.05, 3.63) is 30.1 Å². The highest BCUT2D eigenvalue weighted by atomic mass is 16.2. The summed E-state index contributed by atoms with van der Waals surface area (Å²) in [6.07, 6.45) is 7.09. The van der Waals surface area contributed by atoms with E-state index in [2.05, 4.69) is 22.0 Å². The Morgan fingerprint density at radius 2 is 2.05 bits per heavy atom. The molecule has 3 rings (SSSR count). The monoisotopic (exact) mass is 273 g/mol. The van der Waals surface area contributed by atoms with Crippen molar-refractivity contribution in [1.29, 1.82) is 0 Å². The van der Waals surface area contributed by atoms with Gasteiger partial charge in [-0.3, -0.25) is 14.7 Å². The Labute approximate surface area is 120 Å². The van der Waals surface area contributed by atoms with Gasteiger partial charge in [-0.15, -0.1) is 0 Å². The van der Waals surface area contributed by atoms with Gasteiger partial charge < -0.3 is 4.90 Å². The van der Waals surface area contributed by atoms with Crippen molar-refractivity contribution < 1.29 is 4.79 Å². The molecular weight excluding hydrogens is 250 g/mol. The van der Waals surface area contributed by atoms with E-state index in [9.17, 15) is 4.79 Å². The normalized spacial score (nSPS) is 19.2. The standard InChI is InChI=1S/C16H23N3O/c1-2-16(20)19-11-15(12-19)18(9-13-3-4-13)10-14-5-7-17-8-6-14/h5-8,13,15H,2-4,9-12H2,1H3. The molecule has 4 heteroatoms. The number of hydrogen-bond acceptors (Lipinski definition) is 3. The maximum atomic E-state index is 11.7. The minimum Gasteiger partial charge on any atom is -0.339 e. The van der Waals surface area contributed by atoms with Crippen molar-refractivity contribution in [2.45, 2.75) is 38.8 Å². The van der Waals surface area contributed by atoms with Crippen LogP contribution in [0.5, 0.6) is 0 Å². The third-order valence-corrected chi connectivity index (χ3v) is 4.36. The van der Waals surface area contributed by atoms with E-state index < -0.39 is 0 Å². The van der Waals surface area contributed by atoms with Crippen molar-refractivity contribution in [3.63, 3.8) is 0 Å². The highest BCUT2D eigenvalue weighted by Gasteiger charge is 2.36. The van der Waals surface area contributed by atoms with Gasteiger partial charge in [-0.25, -0.2) is 0 Å². The van der Waals surface area contributed by atoms with Gasteiger partial charge in [0.1, 0.15) is 0 Å². The van der Waals surface area contributed by atoms with Crippen LogP contribution in [0.25, 0.3) is 0 Å². The lowest BCUT2D eigenvalue weighted by Gasteiger charge is -2.45. The zero-order valence-corrected chi connectivity index (χ0v) is 12.2. The van der Waals surface area contributed by atoms with E-state index in [1.54, 1.807) is 0 Å². The van der Waals surface area contributed by atoms with Crippen LogP contribution in [0.1, 0.15) is 31.7 Å². The zero-order chi connectivity index (χ0) is 13.9. The Kier molecular flexibility index (Phi) is 4.01. The van der Waals surface area contributed by atoms with Gasteiger partial charge in [0, 0.05) is 51.0 Å². The number of aromatic nitrogens is 1. The molecule has 1 aliphatic heterocycles. The molecule has 0 spiro atoms. The lowest BCUT2D eigenvalue weighted by molar-refractivity contribution is -0.138. The summed E-state index contributed by atoms with van der Waals surface area (Å²) >= 11 is 0. The molecule has 1 saturated heterocycles. The summed E-state index contributed by atoms with van der Waals surface area (Å²) in [6.45, 7) is 5.92. The van der Waals surface area contributed by atoms with Gasteiger partial charge in [-0.1, -0.05) is 6.92 Å². The highest BCUT2D eigenvalue weighted by molar-refractivity contribution is 5.76. The second-order valence-electron chi connectivity index (χ2n) is 6.03. The van der Waals surface area contributed by atoms with E-state index in [1.807, 2.05) is 24.2 Å². The maximum absolute atomic E-state index is 11.7. The summed E-state index contributed by atoms with van der Waals surface area (Å²) in [5.74, 6) is 1.17. The Morgan fingerprint density at radius 3 is 2.65 bits per heavy atom. The number of hydrogen-bond donors (Lipinski definition) is 0. The minimum absolute atomic E-state index is 0.288. The van der Waals surface area contributed by atoms with Crippen molar-refractivity contribution in [2.24, 2.45) is 5.92 Å². The van der Waals surface area contributed by atoms with E-state index in [4.69, 9.17) is 0 Å². The second kappa shape index (κ2) is 5.92. The van der Waals surface area contributed by atoms with E-state index >= 15 is 0 Å². The first-order valence-corrected chi connectivity index (χ1v) is 7.67. The molecule has 0 radical (unpaired) electrons. The van der Waals surface area contributed by atoms with Crippen LogP contribution < -0.4 is 0 Å². The van der Waals surface area contributed by atoms with E-state index in [1.165, 1.54) is 24.9 Å². The quantitative estimate of drug-likeness (QED) is 0.794. The molecule has 1 amide bonds. The number of pyridine rings is 1. The number of nitrogens with zero attached hydrogens (tertiary/aromatic N) is 3. The van der Waals surface area contributed by atoms with Crippen LogP contribution in [0, 0.1) is 5.92 Å². The van der Waals surface area contributed by atoms with E-state index in [0.717, 1.165) is 25.6 Å². The predicted molar refractivity (Wildman–Crippen MR) is 78.0 cm³/mol. The maximum Gasteiger partial charge on any atom is 0.222 e. The first kappa shape index (κ1) is 13.6. The highest BCUT2D eigenvalue weighted by Crippen LogP contribution is 2.32. The predicted octanol–water partition coefficient (Wildman–Crippen LogP) is 1.91. The average Bonchev–Trinajstić information content (AvgIpc) is 3.22. The largest absolute Gasteiger partial charge is 0.339 e. The number of amides is 1. The van der Waals surface area contributed by atoms with E-state index in [-0.39, 0.29) is 5.91 Å². The summed E-state index contributed by atoms with van der Waals surface area (Å²) in [4.78, 5) is 20.3. The first-order valence-electron chi connectivity index (χ1n) is 7.67. The van der Waals surface area contributed by atoms with Crippen LogP contribution in [0.4, 0.5) is 0 Å². The van der Waals surface area contributed by atoms with Crippen LogP contribution in [0.15, 0.2) is 24.5 Å². The first-order chi connectivity index (χ1) is 9.76. The van der Waals surface area contributed by atoms with Gasteiger partial charge >= 0.3 is 0 Å². The molecular formula is C16H23N3O. The Hall–Kier alpha value is -1.42. The van der Waals surface area contributed by atoms with Crippen molar-refractivity contribution in [3.8, 4) is 0 Å². The molecule has 2 fully saturated rings. The summed E-state index contributed by atoms with van der Waals surface area (Å²) < 4.78 is 0. The fraction of sp³-hybridized carbons (Fsp3) is 0.625. The van der Waals surface area contributed by atoms with E-state index in [0.29, 0.717) is 12.5 Å². The van der Waals surface area contributed by atoms with Crippen molar-refractivity contribution in [2.75, 3.05) is 19.6 Å².